The quantitative estimate of drug-likeness (QED) is 0.326. The van der Waals surface area contributed by atoms with Gasteiger partial charge < -0.3 is 10.6 Å². The third-order valence-corrected chi connectivity index (χ3v) is 4.02. The molecule has 21 heavy (non-hydrogen) atoms. The zero-order valence-electron chi connectivity index (χ0n) is 12.6. The number of benzene rings is 1. The van der Waals surface area contributed by atoms with Gasteiger partial charge in [-0.3, -0.25) is 4.99 Å². The summed E-state index contributed by atoms with van der Waals surface area (Å²) in [5.41, 5.74) is 1.33. The Morgan fingerprint density at radius 1 is 1.24 bits per heavy atom. The number of nitrogens with one attached hydrogen (secondary N) is 2. The molecular weight excluding hydrogens is 397 g/mol. The maximum atomic E-state index is 5.88. The van der Waals surface area contributed by atoms with Crippen LogP contribution in [-0.4, -0.2) is 25.6 Å². The number of nitrogens with zero attached hydrogens (tertiary/aromatic N) is 1. The van der Waals surface area contributed by atoms with Crippen molar-refractivity contribution in [1.29, 1.82) is 0 Å². The Kier molecular flexibility index (Phi) is 9.08. The molecule has 0 bridgehead atoms. The second kappa shape index (κ2) is 10.3. The SMILES string of the molecule is CN=C(NCCCc1ccc(Cl)cc1)NC1CCCC1.I. The summed E-state index contributed by atoms with van der Waals surface area (Å²) >= 11 is 5.88. The molecule has 1 fully saturated rings. The van der Waals surface area contributed by atoms with Crippen LogP contribution in [0.3, 0.4) is 0 Å². The summed E-state index contributed by atoms with van der Waals surface area (Å²) in [6.07, 6.45) is 7.37. The number of hydrogen-bond acceptors (Lipinski definition) is 1. The molecule has 1 aliphatic rings. The van der Waals surface area contributed by atoms with Crippen LogP contribution in [0.2, 0.25) is 5.02 Å². The minimum absolute atomic E-state index is 0. The van der Waals surface area contributed by atoms with Gasteiger partial charge in [-0.2, -0.15) is 0 Å². The van der Waals surface area contributed by atoms with Crippen LogP contribution in [0, 0.1) is 0 Å². The van der Waals surface area contributed by atoms with Gasteiger partial charge in [0.1, 0.15) is 0 Å². The third-order valence-electron chi connectivity index (χ3n) is 3.77. The molecule has 1 aromatic rings. The van der Waals surface area contributed by atoms with Crippen molar-refractivity contribution in [3.05, 3.63) is 34.9 Å². The van der Waals surface area contributed by atoms with Gasteiger partial charge in [-0.15, -0.1) is 24.0 Å². The van der Waals surface area contributed by atoms with E-state index in [1.807, 2.05) is 19.2 Å². The zero-order valence-corrected chi connectivity index (χ0v) is 15.7. The minimum Gasteiger partial charge on any atom is -0.356 e. The van der Waals surface area contributed by atoms with E-state index in [0.29, 0.717) is 6.04 Å². The van der Waals surface area contributed by atoms with E-state index in [4.69, 9.17) is 11.6 Å². The summed E-state index contributed by atoms with van der Waals surface area (Å²) < 4.78 is 0. The number of aliphatic imine (C=N–C) groups is 1. The smallest absolute Gasteiger partial charge is 0.191 e. The van der Waals surface area contributed by atoms with Gasteiger partial charge >= 0.3 is 0 Å². The Morgan fingerprint density at radius 2 is 1.90 bits per heavy atom. The average molecular weight is 422 g/mol. The standard InChI is InChI=1S/C16H24ClN3.HI/c1-18-16(20-15-6-2-3-7-15)19-12-4-5-13-8-10-14(17)11-9-13;/h8-11,15H,2-7,12H2,1H3,(H2,18,19,20);1H. The van der Waals surface area contributed by atoms with Gasteiger partial charge in [-0.05, 0) is 43.4 Å². The van der Waals surface area contributed by atoms with Crippen LogP contribution in [0.4, 0.5) is 0 Å². The second-order valence-electron chi connectivity index (χ2n) is 5.35. The van der Waals surface area contributed by atoms with Gasteiger partial charge in [0, 0.05) is 24.7 Å². The van der Waals surface area contributed by atoms with Crippen LogP contribution in [0.15, 0.2) is 29.3 Å². The minimum atomic E-state index is 0. The molecule has 1 aromatic carbocycles. The lowest BCUT2D eigenvalue weighted by Gasteiger charge is -2.16. The number of guanidine groups is 1. The Morgan fingerprint density at radius 3 is 2.52 bits per heavy atom. The Bertz CT molecular complexity index is 428. The monoisotopic (exact) mass is 421 g/mol. The van der Waals surface area contributed by atoms with Gasteiger partial charge in [0.05, 0.1) is 0 Å². The van der Waals surface area contributed by atoms with Crippen molar-refractivity contribution >= 4 is 41.5 Å². The van der Waals surface area contributed by atoms with Crippen molar-refractivity contribution in [1.82, 2.24) is 10.6 Å². The third kappa shape index (κ3) is 6.87. The van der Waals surface area contributed by atoms with Crippen molar-refractivity contribution in [2.24, 2.45) is 4.99 Å². The van der Waals surface area contributed by atoms with Crippen LogP contribution in [0.1, 0.15) is 37.7 Å². The van der Waals surface area contributed by atoms with Crippen LogP contribution in [0.25, 0.3) is 0 Å². The van der Waals surface area contributed by atoms with Crippen molar-refractivity contribution in [3.8, 4) is 0 Å². The molecule has 5 heteroatoms. The van der Waals surface area contributed by atoms with E-state index in [9.17, 15) is 0 Å². The van der Waals surface area contributed by atoms with Gasteiger partial charge in [0.2, 0.25) is 0 Å². The molecule has 1 saturated carbocycles. The van der Waals surface area contributed by atoms with E-state index in [-0.39, 0.29) is 24.0 Å². The summed E-state index contributed by atoms with van der Waals surface area (Å²) in [6, 6.07) is 8.69. The highest BCUT2D eigenvalue weighted by Crippen LogP contribution is 2.17. The lowest BCUT2D eigenvalue weighted by molar-refractivity contribution is 0.610. The van der Waals surface area contributed by atoms with Gasteiger partial charge in [-0.1, -0.05) is 36.6 Å². The van der Waals surface area contributed by atoms with E-state index in [2.05, 4.69) is 27.8 Å². The molecule has 0 unspecified atom stereocenters. The molecule has 0 radical (unpaired) electrons. The van der Waals surface area contributed by atoms with Crippen molar-refractivity contribution in [2.75, 3.05) is 13.6 Å². The fourth-order valence-electron chi connectivity index (χ4n) is 2.61. The predicted octanol–water partition coefficient (Wildman–Crippen LogP) is 4.00. The maximum absolute atomic E-state index is 5.88. The number of rotatable bonds is 5. The first-order chi connectivity index (χ1) is 9.78. The summed E-state index contributed by atoms with van der Waals surface area (Å²) in [5.74, 6) is 0.938. The van der Waals surface area contributed by atoms with E-state index in [1.165, 1.54) is 31.2 Å². The lowest BCUT2D eigenvalue weighted by Crippen LogP contribution is -2.42. The second-order valence-corrected chi connectivity index (χ2v) is 5.79. The Balaban J connectivity index is 0.00000220. The largest absolute Gasteiger partial charge is 0.356 e. The van der Waals surface area contributed by atoms with E-state index >= 15 is 0 Å². The highest BCUT2D eigenvalue weighted by molar-refractivity contribution is 14.0. The van der Waals surface area contributed by atoms with E-state index in [1.54, 1.807) is 0 Å². The van der Waals surface area contributed by atoms with Gasteiger partial charge in [0.15, 0.2) is 5.96 Å². The van der Waals surface area contributed by atoms with Crippen LogP contribution < -0.4 is 10.6 Å². The lowest BCUT2D eigenvalue weighted by atomic mass is 10.1. The van der Waals surface area contributed by atoms with E-state index in [0.717, 1.165) is 30.4 Å². The molecule has 0 aliphatic heterocycles. The summed E-state index contributed by atoms with van der Waals surface area (Å²) in [6.45, 7) is 0.940. The molecule has 118 valence electrons. The number of aryl methyl sites for hydroxylation is 1. The highest BCUT2D eigenvalue weighted by Gasteiger charge is 2.15. The van der Waals surface area contributed by atoms with Crippen molar-refractivity contribution < 1.29 is 0 Å². The molecule has 0 saturated heterocycles. The fourth-order valence-corrected chi connectivity index (χ4v) is 2.73. The van der Waals surface area contributed by atoms with E-state index < -0.39 is 0 Å². The molecule has 0 heterocycles. The molecule has 0 aromatic heterocycles. The molecule has 2 N–H and O–H groups in total. The van der Waals surface area contributed by atoms with Crippen molar-refractivity contribution in [2.45, 2.75) is 44.6 Å². The zero-order chi connectivity index (χ0) is 14.2. The normalized spacial score (nSPS) is 15.6. The van der Waals surface area contributed by atoms with Crippen molar-refractivity contribution in [3.63, 3.8) is 0 Å². The van der Waals surface area contributed by atoms with Gasteiger partial charge in [-0.25, -0.2) is 0 Å². The molecular formula is C16H25ClIN3. The predicted molar refractivity (Wildman–Crippen MR) is 102 cm³/mol. The Hall–Kier alpha value is -0.490. The first-order valence-electron chi connectivity index (χ1n) is 7.49. The van der Waals surface area contributed by atoms with Crippen LogP contribution >= 0.6 is 35.6 Å². The first-order valence-corrected chi connectivity index (χ1v) is 7.87. The molecule has 3 nitrogen and oxygen atoms in total. The number of halogens is 2. The molecule has 0 spiro atoms. The fraction of sp³-hybridized carbons (Fsp3) is 0.562. The highest BCUT2D eigenvalue weighted by atomic mass is 127. The maximum Gasteiger partial charge on any atom is 0.191 e. The summed E-state index contributed by atoms with van der Waals surface area (Å²) in [4.78, 5) is 4.28. The topological polar surface area (TPSA) is 36.4 Å². The van der Waals surface area contributed by atoms with Gasteiger partial charge in [0.25, 0.3) is 0 Å². The Labute approximate surface area is 150 Å². The first kappa shape index (κ1) is 18.6. The summed E-state index contributed by atoms with van der Waals surface area (Å²) in [7, 11) is 1.84. The molecule has 0 atom stereocenters. The summed E-state index contributed by atoms with van der Waals surface area (Å²) in [5, 5.41) is 7.68. The molecule has 2 rings (SSSR count). The average Bonchev–Trinajstić information content (AvgIpc) is 2.97. The molecule has 1 aliphatic carbocycles. The van der Waals surface area contributed by atoms with Crippen LogP contribution in [0.5, 0.6) is 0 Å². The number of hydrogen-bond donors (Lipinski definition) is 2. The van der Waals surface area contributed by atoms with Crippen LogP contribution in [-0.2, 0) is 6.42 Å². The molecule has 0 amide bonds.